The molecule has 0 bridgehead atoms. The average Bonchev–Trinajstić information content (AvgIpc) is 3.23. The minimum atomic E-state index is -0.723. The number of aromatic amines is 1. The molecule has 0 spiro atoms. The highest BCUT2D eigenvalue weighted by atomic mass is 16.5. The molecule has 2 aromatic heterocycles. The van der Waals surface area contributed by atoms with Crippen LogP contribution in [0.5, 0.6) is 0 Å². The Balaban J connectivity index is 1.91. The third-order valence-corrected chi connectivity index (χ3v) is 6.17. The first-order valence-corrected chi connectivity index (χ1v) is 13.0. The van der Waals surface area contributed by atoms with Gasteiger partial charge in [0.2, 0.25) is 5.95 Å². The summed E-state index contributed by atoms with van der Waals surface area (Å²) in [7, 11) is 0. The predicted octanol–water partition coefficient (Wildman–Crippen LogP) is 2.92. The van der Waals surface area contributed by atoms with Gasteiger partial charge in [-0.3, -0.25) is 19.4 Å². The fourth-order valence-electron chi connectivity index (χ4n) is 3.82. The van der Waals surface area contributed by atoms with Gasteiger partial charge in [-0.05, 0) is 18.8 Å². The number of hydrogen-bond acceptors (Lipinski definition) is 9. The Labute approximate surface area is 212 Å². The lowest BCUT2D eigenvalue weighted by molar-refractivity contribution is -0.149. The normalized spacial score (nSPS) is 13.1. The molecule has 2 aromatic rings. The maximum atomic E-state index is 12.3. The Morgan fingerprint density at radius 2 is 1.81 bits per heavy atom. The summed E-state index contributed by atoms with van der Waals surface area (Å²) in [4.78, 5) is 47.2. The summed E-state index contributed by atoms with van der Waals surface area (Å²) in [5.74, 6) is -1.01. The molecule has 0 amide bonds. The van der Waals surface area contributed by atoms with Crippen molar-refractivity contribution in [3.05, 3.63) is 16.7 Å². The SMILES string of the molecule is CCCCCCCCCC(=O)OCC[C@@H](COC(=O)[C@@H](N)C(C)C)Cn1cnc2c(=O)[nH]c(N)nc21. The first-order chi connectivity index (χ1) is 17.2. The summed E-state index contributed by atoms with van der Waals surface area (Å²) in [6, 6.07) is -0.723. The fourth-order valence-corrected chi connectivity index (χ4v) is 3.82. The maximum absolute atomic E-state index is 12.3. The van der Waals surface area contributed by atoms with E-state index in [4.69, 9.17) is 20.9 Å². The van der Waals surface area contributed by atoms with E-state index >= 15 is 0 Å². The third-order valence-electron chi connectivity index (χ3n) is 6.17. The van der Waals surface area contributed by atoms with Crippen molar-refractivity contribution in [2.24, 2.45) is 17.6 Å². The monoisotopic (exact) mass is 506 g/mol. The summed E-state index contributed by atoms with van der Waals surface area (Å²) < 4.78 is 12.6. The molecule has 0 aliphatic carbocycles. The number of unbranched alkanes of at least 4 members (excludes halogenated alkanes) is 6. The second-order valence-electron chi connectivity index (χ2n) is 9.67. The fraction of sp³-hybridized carbons (Fsp3) is 0.720. The molecule has 11 heteroatoms. The Kier molecular flexibility index (Phi) is 12.4. The van der Waals surface area contributed by atoms with Crippen molar-refractivity contribution in [2.75, 3.05) is 18.9 Å². The number of nitrogens with two attached hydrogens (primary N) is 2. The smallest absolute Gasteiger partial charge is 0.323 e. The van der Waals surface area contributed by atoms with Crippen molar-refractivity contribution in [2.45, 2.75) is 91.1 Å². The number of rotatable bonds is 17. The van der Waals surface area contributed by atoms with Gasteiger partial charge in [-0.15, -0.1) is 0 Å². The van der Waals surface area contributed by atoms with E-state index in [-0.39, 0.29) is 42.5 Å². The van der Waals surface area contributed by atoms with Crippen molar-refractivity contribution in [1.82, 2.24) is 19.5 Å². The molecule has 2 rings (SSSR count). The Bertz CT molecular complexity index is 1020. The van der Waals surface area contributed by atoms with Gasteiger partial charge in [0.05, 0.1) is 19.5 Å². The van der Waals surface area contributed by atoms with Gasteiger partial charge in [0, 0.05) is 18.9 Å². The standard InChI is InChI=1S/C25H42N6O5/c1-4-5-6-7-8-9-10-11-19(32)35-13-12-18(15-36-24(34)20(26)17(2)3)14-31-16-28-21-22(31)29-25(27)30-23(21)33/h16-18,20H,4-15,26H2,1-3H3,(H3,27,29,30,33)/t18-,20+/m1/s1. The van der Waals surface area contributed by atoms with Crippen LogP contribution >= 0.6 is 0 Å². The summed E-state index contributed by atoms with van der Waals surface area (Å²) >= 11 is 0. The highest BCUT2D eigenvalue weighted by Gasteiger charge is 2.22. The van der Waals surface area contributed by atoms with Crippen molar-refractivity contribution < 1.29 is 19.1 Å². The number of fused-ring (bicyclic) bond motifs is 1. The lowest BCUT2D eigenvalue weighted by atomic mass is 10.1. The molecule has 0 saturated heterocycles. The predicted molar refractivity (Wildman–Crippen MR) is 138 cm³/mol. The summed E-state index contributed by atoms with van der Waals surface area (Å²) in [5.41, 5.74) is 11.7. The third kappa shape index (κ3) is 9.60. The van der Waals surface area contributed by atoms with Crippen LogP contribution in [-0.4, -0.2) is 50.7 Å². The number of carbonyl (C=O) groups excluding carboxylic acids is 2. The first kappa shape index (κ1) is 29.3. The molecular weight excluding hydrogens is 464 g/mol. The molecule has 0 aliphatic rings. The van der Waals surface area contributed by atoms with Crippen LogP contribution in [0.2, 0.25) is 0 Å². The number of imidazole rings is 1. The summed E-state index contributed by atoms with van der Waals surface area (Å²) in [5, 5.41) is 0. The molecule has 202 valence electrons. The zero-order valence-corrected chi connectivity index (χ0v) is 21.8. The number of aromatic nitrogens is 4. The van der Waals surface area contributed by atoms with E-state index < -0.39 is 17.6 Å². The van der Waals surface area contributed by atoms with E-state index in [1.807, 2.05) is 13.8 Å². The van der Waals surface area contributed by atoms with Crippen LogP contribution in [0.3, 0.4) is 0 Å². The topological polar surface area (TPSA) is 168 Å². The molecule has 0 unspecified atom stereocenters. The number of H-pyrrole nitrogens is 1. The molecule has 36 heavy (non-hydrogen) atoms. The number of anilines is 1. The zero-order chi connectivity index (χ0) is 26.5. The molecule has 0 radical (unpaired) electrons. The molecule has 0 fully saturated rings. The maximum Gasteiger partial charge on any atom is 0.323 e. The van der Waals surface area contributed by atoms with Gasteiger partial charge >= 0.3 is 11.9 Å². The van der Waals surface area contributed by atoms with Crippen LogP contribution in [0.1, 0.15) is 78.6 Å². The Morgan fingerprint density at radius 1 is 1.11 bits per heavy atom. The van der Waals surface area contributed by atoms with E-state index in [1.54, 1.807) is 4.57 Å². The minimum Gasteiger partial charge on any atom is -0.466 e. The number of carbonyl (C=O) groups is 2. The van der Waals surface area contributed by atoms with Gasteiger partial charge in [0.25, 0.3) is 5.56 Å². The van der Waals surface area contributed by atoms with Crippen LogP contribution in [0.15, 0.2) is 11.1 Å². The largest absolute Gasteiger partial charge is 0.466 e. The van der Waals surface area contributed by atoms with Crippen LogP contribution in [-0.2, 0) is 25.6 Å². The van der Waals surface area contributed by atoms with E-state index in [2.05, 4.69) is 21.9 Å². The van der Waals surface area contributed by atoms with Crippen molar-refractivity contribution in [3.63, 3.8) is 0 Å². The minimum absolute atomic E-state index is 0.0144. The lowest BCUT2D eigenvalue weighted by Crippen LogP contribution is -2.38. The quantitative estimate of drug-likeness (QED) is 0.216. The van der Waals surface area contributed by atoms with Crippen LogP contribution in [0.4, 0.5) is 5.95 Å². The van der Waals surface area contributed by atoms with E-state index in [1.165, 1.54) is 32.0 Å². The second kappa shape index (κ2) is 15.2. The van der Waals surface area contributed by atoms with Gasteiger partial charge in [0.15, 0.2) is 11.2 Å². The van der Waals surface area contributed by atoms with Crippen LogP contribution < -0.4 is 17.0 Å². The number of nitrogens with zero attached hydrogens (tertiary/aromatic N) is 3. The Morgan fingerprint density at radius 3 is 2.50 bits per heavy atom. The lowest BCUT2D eigenvalue weighted by Gasteiger charge is -2.20. The van der Waals surface area contributed by atoms with Crippen molar-refractivity contribution >= 4 is 29.1 Å². The molecule has 2 heterocycles. The summed E-state index contributed by atoms with van der Waals surface area (Å²) in [6.07, 6.45) is 10.3. The molecule has 2 atom stereocenters. The van der Waals surface area contributed by atoms with Crippen molar-refractivity contribution in [1.29, 1.82) is 0 Å². The van der Waals surface area contributed by atoms with Crippen LogP contribution in [0, 0.1) is 11.8 Å². The number of hydrogen-bond donors (Lipinski definition) is 3. The number of esters is 2. The average molecular weight is 507 g/mol. The summed E-state index contributed by atoms with van der Waals surface area (Å²) in [6.45, 7) is 6.49. The van der Waals surface area contributed by atoms with Crippen molar-refractivity contribution in [3.8, 4) is 0 Å². The molecule has 0 aliphatic heterocycles. The molecule has 0 aromatic carbocycles. The first-order valence-electron chi connectivity index (χ1n) is 13.0. The van der Waals surface area contributed by atoms with E-state index in [9.17, 15) is 14.4 Å². The van der Waals surface area contributed by atoms with Crippen LogP contribution in [0.25, 0.3) is 11.2 Å². The molecule has 5 N–H and O–H groups in total. The van der Waals surface area contributed by atoms with Gasteiger partial charge in [0.1, 0.15) is 6.04 Å². The van der Waals surface area contributed by atoms with Gasteiger partial charge in [-0.1, -0.05) is 59.3 Å². The van der Waals surface area contributed by atoms with Gasteiger partial charge < -0.3 is 25.5 Å². The molecular formula is C25H42N6O5. The number of nitrogen functional groups attached to an aromatic ring is 1. The van der Waals surface area contributed by atoms with Gasteiger partial charge in [-0.25, -0.2) is 4.98 Å². The highest BCUT2D eigenvalue weighted by molar-refractivity contribution is 5.75. The van der Waals surface area contributed by atoms with E-state index in [0.29, 0.717) is 25.0 Å². The molecule has 0 saturated carbocycles. The number of nitrogens with one attached hydrogen (secondary N) is 1. The number of ether oxygens (including phenoxy) is 2. The van der Waals surface area contributed by atoms with Gasteiger partial charge in [-0.2, -0.15) is 4.98 Å². The Hall–Kier alpha value is -2.95. The van der Waals surface area contributed by atoms with E-state index in [0.717, 1.165) is 19.3 Å². The molecule has 11 nitrogen and oxygen atoms in total. The zero-order valence-electron chi connectivity index (χ0n) is 21.8. The second-order valence-corrected chi connectivity index (χ2v) is 9.67. The highest BCUT2D eigenvalue weighted by Crippen LogP contribution is 2.15.